The summed E-state index contributed by atoms with van der Waals surface area (Å²) in [5, 5.41) is 0. The van der Waals surface area contributed by atoms with Crippen molar-refractivity contribution in [3.05, 3.63) is 89.8 Å². The van der Waals surface area contributed by atoms with E-state index in [0.717, 1.165) is 56.0 Å². The van der Waals surface area contributed by atoms with E-state index in [4.69, 9.17) is 9.97 Å². The van der Waals surface area contributed by atoms with Crippen molar-refractivity contribution in [1.82, 2.24) is 24.9 Å². The number of nitrogens with one attached hydrogen (secondary N) is 2. The van der Waals surface area contributed by atoms with Crippen LogP contribution in [0.4, 0.5) is 0 Å². The summed E-state index contributed by atoms with van der Waals surface area (Å²) in [5.41, 5.74) is 9.88. The second kappa shape index (κ2) is 7.93. The summed E-state index contributed by atoms with van der Waals surface area (Å²) >= 11 is 0. The SMILES string of the molecule is C1=Cc2cc3cc(-c4ccncc4)c(cc4nc(cc5ccc(cc1n2)[nH]5)C=C4)[nH]3.[Pt]. The van der Waals surface area contributed by atoms with Gasteiger partial charge in [0.25, 0.3) is 0 Å². The molecule has 0 aliphatic carbocycles. The molecule has 0 radical (unpaired) electrons. The van der Waals surface area contributed by atoms with Crippen molar-refractivity contribution in [2.45, 2.75) is 0 Å². The Morgan fingerprint density at radius 3 is 1.71 bits per heavy atom. The maximum absolute atomic E-state index is 4.76. The summed E-state index contributed by atoms with van der Waals surface area (Å²) in [6.07, 6.45) is 11.7. The van der Waals surface area contributed by atoms with Crippen molar-refractivity contribution >= 4 is 46.4 Å². The molecule has 0 spiro atoms. The van der Waals surface area contributed by atoms with Gasteiger partial charge in [-0.05, 0) is 84.5 Å². The molecular formula is C25H17N5Pt. The normalized spacial score (nSPS) is 12.0. The Hall–Kier alpha value is -3.56. The van der Waals surface area contributed by atoms with Crippen LogP contribution in [0, 0.1) is 0 Å². The van der Waals surface area contributed by atoms with Gasteiger partial charge < -0.3 is 9.97 Å². The van der Waals surface area contributed by atoms with Crippen LogP contribution in [0.25, 0.3) is 57.5 Å². The van der Waals surface area contributed by atoms with Crippen molar-refractivity contribution in [2.24, 2.45) is 0 Å². The van der Waals surface area contributed by atoms with E-state index in [1.807, 2.05) is 61.0 Å². The number of hydrogen-bond acceptors (Lipinski definition) is 3. The molecule has 2 aliphatic heterocycles. The minimum absolute atomic E-state index is 0. The molecule has 2 N–H and O–H groups in total. The minimum atomic E-state index is 0. The van der Waals surface area contributed by atoms with E-state index >= 15 is 0 Å². The molecule has 6 rings (SSSR count). The van der Waals surface area contributed by atoms with Crippen LogP contribution >= 0.6 is 0 Å². The predicted octanol–water partition coefficient (Wildman–Crippen LogP) is 5.72. The first-order valence-electron chi connectivity index (χ1n) is 9.77. The van der Waals surface area contributed by atoms with Crippen LogP contribution in [0.5, 0.6) is 0 Å². The average Bonchev–Trinajstić information content (AvgIpc) is 3.53. The third-order valence-corrected chi connectivity index (χ3v) is 5.16. The van der Waals surface area contributed by atoms with Crippen LogP contribution in [0.3, 0.4) is 0 Å². The molecule has 6 heteroatoms. The number of pyridine rings is 1. The molecular weight excluding hydrogens is 565 g/mol. The van der Waals surface area contributed by atoms with Crippen molar-refractivity contribution in [3.8, 4) is 11.1 Å². The van der Waals surface area contributed by atoms with Crippen LogP contribution in [0.1, 0.15) is 22.8 Å². The standard InChI is InChI=1S/C25H17N5.Pt/c1-2-18-12-20-5-6-22(29-20)15-25-24(16-7-9-26-10-8-16)14-23(30-25)13-21-4-3-19(28-21)11-17(1)27-18;/h1-15,27,30H;. The Morgan fingerprint density at radius 2 is 1.10 bits per heavy atom. The number of H-pyrrole nitrogens is 2. The number of aromatic amines is 2. The summed E-state index contributed by atoms with van der Waals surface area (Å²) in [6, 6.07) is 18.5. The van der Waals surface area contributed by atoms with Gasteiger partial charge in [-0.25, -0.2) is 9.97 Å². The van der Waals surface area contributed by atoms with Crippen LogP contribution in [0.15, 0.2) is 67.0 Å². The maximum Gasteiger partial charge on any atom is 0.0658 e. The Kier molecular flexibility index (Phi) is 4.97. The van der Waals surface area contributed by atoms with Crippen molar-refractivity contribution in [3.63, 3.8) is 0 Å². The van der Waals surface area contributed by atoms with E-state index in [9.17, 15) is 0 Å². The van der Waals surface area contributed by atoms with E-state index in [2.05, 4.69) is 45.3 Å². The maximum atomic E-state index is 4.76. The Morgan fingerprint density at radius 1 is 0.548 bits per heavy atom. The molecule has 8 bridgehead atoms. The van der Waals surface area contributed by atoms with Gasteiger partial charge in [-0.2, -0.15) is 0 Å². The van der Waals surface area contributed by atoms with Gasteiger partial charge in [0.1, 0.15) is 0 Å². The van der Waals surface area contributed by atoms with Gasteiger partial charge in [-0.15, -0.1) is 0 Å². The fraction of sp³-hybridized carbons (Fsp3) is 0. The van der Waals surface area contributed by atoms with Crippen molar-refractivity contribution in [2.75, 3.05) is 0 Å². The summed E-state index contributed by atoms with van der Waals surface area (Å²) < 4.78 is 0. The average molecular weight is 583 g/mol. The zero-order valence-electron chi connectivity index (χ0n) is 16.3. The molecule has 4 aromatic rings. The predicted molar refractivity (Wildman–Crippen MR) is 122 cm³/mol. The number of aromatic nitrogens is 5. The zero-order chi connectivity index (χ0) is 19.9. The first-order chi connectivity index (χ1) is 14.8. The van der Waals surface area contributed by atoms with Crippen LogP contribution in [-0.2, 0) is 21.1 Å². The number of fused-ring (bicyclic) bond motifs is 8. The molecule has 0 unspecified atom stereocenters. The third-order valence-electron chi connectivity index (χ3n) is 5.16. The van der Waals surface area contributed by atoms with Crippen LogP contribution in [0.2, 0.25) is 0 Å². The van der Waals surface area contributed by atoms with E-state index in [1.54, 1.807) is 0 Å². The van der Waals surface area contributed by atoms with E-state index in [-0.39, 0.29) is 21.1 Å². The first kappa shape index (κ1) is 19.4. The molecule has 0 saturated heterocycles. The second-order valence-electron chi connectivity index (χ2n) is 7.32. The van der Waals surface area contributed by atoms with Crippen LogP contribution < -0.4 is 0 Å². The Bertz CT molecular complexity index is 1490. The van der Waals surface area contributed by atoms with Gasteiger partial charge in [0, 0.05) is 61.1 Å². The van der Waals surface area contributed by atoms with Gasteiger partial charge in [-0.1, -0.05) is 0 Å². The van der Waals surface area contributed by atoms with Gasteiger partial charge in [0.2, 0.25) is 0 Å². The summed E-state index contributed by atoms with van der Waals surface area (Å²) in [7, 11) is 0. The largest absolute Gasteiger partial charge is 0.355 e. The fourth-order valence-electron chi connectivity index (χ4n) is 3.79. The molecule has 0 atom stereocenters. The third kappa shape index (κ3) is 3.92. The summed E-state index contributed by atoms with van der Waals surface area (Å²) in [6.45, 7) is 0. The Balaban J connectivity index is 0.00000204. The number of rotatable bonds is 1. The topological polar surface area (TPSA) is 70.2 Å². The molecule has 31 heavy (non-hydrogen) atoms. The Labute approximate surface area is 192 Å². The summed E-state index contributed by atoms with van der Waals surface area (Å²) in [5.74, 6) is 0. The molecule has 6 heterocycles. The van der Waals surface area contributed by atoms with Crippen LogP contribution in [-0.4, -0.2) is 24.9 Å². The molecule has 2 aliphatic rings. The molecule has 152 valence electrons. The fourth-order valence-corrected chi connectivity index (χ4v) is 3.79. The van der Waals surface area contributed by atoms with Gasteiger partial charge >= 0.3 is 0 Å². The zero-order valence-corrected chi connectivity index (χ0v) is 18.6. The monoisotopic (exact) mass is 582 g/mol. The van der Waals surface area contributed by atoms with E-state index in [1.165, 1.54) is 0 Å². The first-order valence-corrected chi connectivity index (χ1v) is 9.77. The quantitative estimate of drug-likeness (QED) is 0.261. The molecule has 4 aromatic heterocycles. The van der Waals surface area contributed by atoms with Crippen molar-refractivity contribution < 1.29 is 21.1 Å². The minimum Gasteiger partial charge on any atom is -0.355 e. The molecule has 0 saturated carbocycles. The number of hydrogen-bond donors (Lipinski definition) is 2. The molecule has 0 amide bonds. The van der Waals surface area contributed by atoms with Gasteiger partial charge in [0.05, 0.1) is 22.8 Å². The van der Waals surface area contributed by atoms with E-state index in [0.29, 0.717) is 0 Å². The van der Waals surface area contributed by atoms with Gasteiger partial charge in [0.15, 0.2) is 0 Å². The molecule has 5 nitrogen and oxygen atoms in total. The summed E-state index contributed by atoms with van der Waals surface area (Å²) in [4.78, 5) is 20.6. The van der Waals surface area contributed by atoms with Gasteiger partial charge in [-0.3, -0.25) is 4.98 Å². The second-order valence-corrected chi connectivity index (χ2v) is 7.32. The molecule has 0 aromatic carbocycles. The van der Waals surface area contributed by atoms with Crippen molar-refractivity contribution in [1.29, 1.82) is 0 Å². The number of nitrogens with zero attached hydrogens (tertiary/aromatic N) is 3. The van der Waals surface area contributed by atoms with E-state index < -0.39 is 0 Å². The smallest absolute Gasteiger partial charge is 0.0658 e. The molecule has 0 fully saturated rings.